The van der Waals surface area contributed by atoms with Crippen LogP contribution in [0.1, 0.15) is 0 Å². The SMILES string of the molecule is Nc1occ(O)c1-c1cccc(OC(F)(F)F)c1. The summed E-state index contributed by atoms with van der Waals surface area (Å²) in [6, 6.07) is 5.07. The largest absolute Gasteiger partial charge is 0.573 e. The van der Waals surface area contributed by atoms with E-state index < -0.39 is 12.1 Å². The molecule has 0 aliphatic heterocycles. The fourth-order valence-electron chi connectivity index (χ4n) is 1.50. The number of nitrogen functional groups attached to an aromatic ring is 1. The average molecular weight is 259 g/mol. The number of rotatable bonds is 2. The molecule has 0 aliphatic rings. The van der Waals surface area contributed by atoms with E-state index in [4.69, 9.17) is 10.2 Å². The smallest absolute Gasteiger partial charge is 0.504 e. The third kappa shape index (κ3) is 2.50. The lowest BCUT2D eigenvalue weighted by molar-refractivity contribution is -0.274. The summed E-state index contributed by atoms with van der Waals surface area (Å²) in [4.78, 5) is 0. The van der Waals surface area contributed by atoms with E-state index in [-0.39, 0.29) is 22.8 Å². The average Bonchev–Trinajstić information content (AvgIpc) is 2.56. The first-order valence-electron chi connectivity index (χ1n) is 4.79. The zero-order chi connectivity index (χ0) is 13.3. The van der Waals surface area contributed by atoms with E-state index >= 15 is 0 Å². The zero-order valence-corrected chi connectivity index (χ0v) is 8.86. The van der Waals surface area contributed by atoms with Gasteiger partial charge in [-0.05, 0) is 17.7 Å². The molecular weight excluding hydrogens is 251 g/mol. The molecule has 1 aromatic carbocycles. The third-order valence-corrected chi connectivity index (χ3v) is 2.16. The quantitative estimate of drug-likeness (QED) is 0.869. The lowest BCUT2D eigenvalue weighted by atomic mass is 10.1. The van der Waals surface area contributed by atoms with Crippen LogP contribution < -0.4 is 10.5 Å². The van der Waals surface area contributed by atoms with Crippen molar-refractivity contribution in [2.45, 2.75) is 6.36 Å². The number of benzene rings is 1. The molecule has 0 atom stereocenters. The molecule has 4 nitrogen and oxygen atoms in total. The van der Waals surface area contributed by atoms with Crippen molar-refractivity contribution >= 4 is 5.88 Å². The second-order valence-electron chi connectivity index (χ2n) is 3.44. The number of halogens is 3. The molecule has 18 heavy (non-hydrogen) atoms. The number of hydrogen-bond acceptors (Lipinski definition) is 4. The van der Waals surface area contributed by atoms with Gasteiger partial charge in [0.2, 0.25) is 5.88 Å². The van der Waals surface area contributed by atoms with Crippen molar-refractivity contribution < 1.29 is 27.4 Å². The van der Waals surface area contributed by atoms with Crippen LogP contribution in [0.5, 0.6) is 11.5 Å². The van der Waals surface area contributed by atoms with Gasteiger partial charge in [-0.3, -0.25) is 0 Å². The number of anilines is 1. The molecular formula is C11H8F3NO3. The van der Waals surface area contributed by atoms with Crippen molar-refractivity contribution in [3.63, 3.8) is 0 Å². The minimum atomic E-state index is -4.78. The van der Waals surface area contributed by atoms with Crippen LogP contribution in [0, 0.1) is 0 Å². The van der Waals surface area contributed by atoms with Gasteiger partial charge in [0.25, 0.3) is 0 Å². The second-order valence-corrected chi connectivity index (χ2v) is 3.44. The lowest BCUT2D eigenvalue weighted by Crippen LogP contribution is -2.17. The summed E-state index contributed by atoms with van der Waals surface area (Å²) < 4.78 is 44.7. The summed E-state index contributed by atoms with van der Waals surface area (Å²) in [6.45, 7) is 0. The summed E-state index contributed by atoms with van der Waals surface area (Å²) in [5.41, 5.74) is 5.85. The number of furan rings is 1. The summed E-state index contributed by atoms with van der Waals surface area (Å²) >= 11 is 0. The first-order valence-corrected chi connectivity index (χ1v) is 4.79. The fraction of sp³-hybridized carbons (Fsp3) is 0.0909. The summed E-state index contributed by atoms with van der Waals surface area (Å²) in [5, 5.41) is 9.47. The molecule has 2 rings (SSSR count). The molecule has 0 aliphatic carbocycles. The van der Waals surface area contributed by atoms with Crippen LogP contribution in [-0.4, -0.2) is 11.5 Å². The van der Waals surface area contributed by atoms with Crippen molar-refractivity contribution in [2.75, 3.05) is 5.73 Å². The van der Waals surface area contributed by atoms with Gasteiger partial charge in [0.05, 0.1) is 5.56 Å². The Morgan fingerprint density at radius 3 is 2.56 bits per heavy atom. The predicted octanol–water partition coefficient (Wildman–Crippen LogP) is 3.13. The maximum atomic E-state index is 12.1. The molecule has 7 heteroatoms. The molecule has 0 amide bonds. The maximum absolute atomic E-state index is 12.1. The maximum Gasteiger partial charge on any atom is 0.573 e. The molecule has 0 unspecified atom stereocenters. The number of nitrogens with two attached hydrogens (primary N) is 1. The third-order valence-electron chi connectivity index (χ3n) is 2.16. The van der Waals surface area contributed by atoms with Crippen LogP contribution in [0.3, 0.4) is 0 Å². The first-order chi connectivity index (χ1) is 8.37. The topological polar surface area (TPSA) is 68.6 Å². The minimum absolute atomic E-state index is 0.0864. The summed E-state index contributed by atoms with van der Waals surface area (Å²) in [5.74, 6) is -0.742. The number of ether oxygens (including phenoxy) is 1. The van der Waals surface area contributed by atoms with Gasteiger partial charge < -0.3 is 20.0 Å². The van der Waals surface area contributed by atoms with Gasteiger partial charge >= 0.3 is 6.36 Å². The van der Waals surface area contributed by atoms with Crippen molar-refractivity contribution in [2.24, 2.45) is 0 Å². The fourth-order valence-corrected chi connectivity index (χ4v) is 1.50. The van der Waals surface area contributed by atoms with E-state index in [1.807, 2.05) is 0 Å². The van der Waals surface area contributed by atoms with E-state index in [1.54, 1.807) is 0 Å². The highest BCUT2D eigenvalue weighted by atomic mass is 19.4. The number of hydrogen-bond donors (Lipinski definition) is 2. The van der Waals surface area contributed by atoms with E-state index in [0.29, 0.717) is 0 Å². The van der Waals surface area contributed by atoms with Crippen LogP contribution in [-0.2, 0) is 0 Å². The van der Waals surface area contributed by atoms with Gasteiger partial charge in [0, 0.05) is 0 Å². The van der Waals surface area contributed by atoms with Crippen LogP contribution in [0.15, 0.2) is 34.9 Å². The molecule has 2 aromatic rings. The zero-order valence-electron chi connectivity index (χ0n) is 8.86. The normalized spacial score (nSPS) is 11.5. The van der Waals surface area contributed by atoms with E-state index in [0.717, 1.165) is 18.4 Å². The van der Waals surface area contributed by atoms with Gasteiger partial charge in [-0.25, -0.2) is 0 Å². The van der Waals surface area contributed by atoms with Gasteiger partial charge in [-0.15, -0.1) is 13.2 Å². The van der Waals surface area contributed by atoms with Gasteiger partial charge in [0.1, 0.15) is 12.0 Å². The molecule has 0 saturated heterocycles. The Hall–Kier alpha value is -2.31. The molecule has 1 aromatic heterocycles. The monoisotopic (exact) mass is 259 g/mol. The highest BCUT2D eigenvalue weighted by molar-refractivity contribution is 5.79. The standard InChI is InChI=1S/C11H8F3NO3/c12-11(13,14)18-7-3-1-2-6(4-7)9-8(16)5-17-10(9)15/h1-5,16H,15H2. The van der Waals surface area contributed by atoms with Crippen LogP contribution in [0.25, 0.3) is 11.1 Å². The Kier molecular flexibility index (Phi) is 2.82. The Labute approximate surface area is 99.4 Å². The predicted molar refractivity (Wildman–Crippen MR) is 56.9 cm³/mol. The van der Waals surface area contributed by atoms with E-state index in [9.17, 15) is 18.3 Å². The summed E-state index contributed by atoms with van der Waals surface area (Å²) in [6.07, 6.45) is -3.77. The van der Waals surface area contributed by atoms with E-state index in [2.05, 4.69) is 4.74 Å². The van der Waals surface area contributed by atoms with Crippen molar-refractivity contribution in [1.29, 1.82) is 0 Å². The van der Waals surface area contributed by atoms with Crippen molar-refractivity contribution in [1.82, 2.24) is 0 Å². The number of aromatic hydroxyl groups is 1. The highest BCUT2D eigenvalue weighted by Gasteiger charge is 2.31. The number of alkyl halides is 3. The summed E-state index contributed by atoms with van der Waals surface area (Å²) in [7, 11) is 0. The lowest BCUT2D eigenvalue weighted by Gasteiger charge is -2.09. The molecule has 0 fully saturated rings. The molecule has 0 bridgehead atoms. The Morgan fingerprint density at radius 1 is 1.28 bits per heavy atom. The molecule has 0 radical (unpaired) electrons. The molecule has 1 heterocycles. The second kappa shape index (κ2) is 4.17. The van der Waals surface area contributed by atoms with Crippen LogP contribution in [0.2, 0.25) is 0 Å². The van der Waals surface area contributed by atoms with Crippen molar-refractivity contribution in [3.05, 3.63) is 30.5 Å². The van der Waals surface area contributed by atoms with Gasteiger partial charge in [-0.1, -0.05) is 12.1 Å². The highest BCUT2D eigenvalue weighted by Crippen LogP contribution is 2.38. The van der Waals surface area contributed by atoms with Gasteiger partial charge in [0.15, 0.2) is 5.75 Å². The van der Waals surface area contributed by atoms with Crippen LogP contribution >= 0.6 is 0 Å². The molecule has 3 N–H and O–H groups in total. The van der Waals surface area contributed by atoms with E-state index in [1.165, 1.54) is 12.1 Å². The van der Waals surface area contributed by atoms with Gasteiger partial charge in [-0.2, -0.15) is 0 Å². The van der Waals surface area contributed by atoms with Crippen molar-refractivity contribution in [3.8, 4) is 22.6 Å². The Morgan fingerprint density at radius 2 is 2.00 bits per heavy atom. The Balaban J connectivity index is 2.39. The minimum Gasteiger partial charge on any atom is -0.504 e. The molecule has 0 saturated carbocycles. The first kappa shape index (κ1) is 12.2. The van der Waals surface area contributed by atoms with Crippen LogP contribution in [0.4, 0.5) is 19.1 Å². The molecule has 96 valence electrons. The molecule has 0 spiro atoms. The Bertz CT molecular complexity index is 543.